The number of fused-ring (bicyclic) bond motifs is 1. The van der Waals surface area contributed by atoms with Gasteiger partial charge in [-0.05, 0) is 25.2 Å². The molecule has 0 fully saturated rings. The van der Waals surface area contributed by atoms with Crippen LogP contribution in [-0.2, 0) is 6.42 Å². The Labute approximate surface area is 88.8 Å². The number of benzene rings is 1. The Hall–Kier alpha value is -1.52. The molecule has 2 radical (unpaired) electrons. The van der Waals surface area contributed by atoms with Gasteiger partial charge in [0.2, 0.25) is 0 Å². The van der Waals surface area contributed by atoms with Crippen molar-refractivity contribution in [1.29, 1.82) is 0 Å². The lowest BCUT2D eigenvalue weighted by Crippen LogP contribution is -2.21. The number of rotatable bonds is 1. The van der Waals surface area contributed by atoms with Crippen molar-refractivity contribution in [3.05, 3.63) is 27.3 Å². The first-order valence-corrected chi connectivity index (χ1v) is 4.80. The summed E-state index contributed by atoms with van der Waals surface area (Å²) in [7, 11) is 5.81. The molecule has 0 unspecified atom stereocenters. The second-order valence-electron chi connectivity index (χ2n) is 3.63. The van der Waals surface area contributed by atoms with Crippen molar-refractivity contribution in [2.75, 3.05) is 6.61 Å². The summed E-state index contributed by atoms with van der Waals surface area (Å²) in [5, 5.41) is 10.8. The maximum absolute atomic E-state index is 10.8. The Balaban J connectivity index is 2.63. The van der Waals surface area contributed by atoms with Crippen LogP contribution in [0.2, 0.25) is 0 Å². The van der Waals surface area contributed by atoms with Gasteiger partial charge < -0.3 is 4.74 Å². The number of nitro benzene ring substituents is 1. The SMILES string of the molecule is [B]c1c(C)c([N+](=O)[O-])cc2c1OCCC2. The van der Waals surface area contributed by atoms with Gasteiger partial charge in [0.1, 0.15) is 13.6 Å². The number of hydrogen-bond acceptors (Lipinski definition) is 3. The molecule has 4 nitrogen and oxygen atoms in total. The van der Waals surface area contributed by atoms with Crippen molar-refractivity contribution in [2.45, 2.75) is 19.8 Å². The lowest BCUT2D eigenvalue weighted by Gasteiger charge is -2.20. The Morgan fingerprint density at radius 3 is 3.00 bits per heavy atom. The second kappa shape index (κ2) is 3.57. The smallest absolute Gasteiger partial charge is 0.272 e. The molecule has 0 atom stereocenters. The van der Waals surface area contributed by atoms with Gasteiger partial charge in [0.15, 0.2) is 0 Å². The van der Waals surface area contributed by atoms with E-state index >= 15 is 0 Å². The Morgan fingerprint density at radius 1 is 1.60 bits per heavy atom. The lowest BCUT2D eigenvalue weighted by atomic mass is 9.85. The predicted octanol–water partition coefficient (Wildman–Crippen LogP) is 1.02. The van der Waals surface area contributed by atoms with Gasteiger partial charge in [-0.1, -0.05) is 0 Å². The van der Waals surface area contributed by atoms with E-state index in [2.05, 4.69) is 0 Å². The van der Waals surface area contributed by atoms with Gasteiger partial charge in [0, 0.05) is 17.2 Å². The zero-order valence-corrected chi connectivity index (χ0v) is 8.45. The van der Waals surface area contributed by atoms with Crippen LogP contribution >= 0.6 is 0 Å². The molecule has 0 aromatic heterocycles. The third-order valence-corrected chi connectivity index (χ3v) is 2.67. The van der Waals surface area contributed by atoms with E-state index in [1.807, 2.05) is 0 Å². The van der Waals surface area contributed by atoms with Crippen LogP contribution in [0.15, 0.2) is 6.07 Å². The number of hydrogen-bond donors (Lipinski definition) is 0. The third kappa shape index (κ3) is 1.58. The molecule has 1 heterocycles. The minimum absolute atomic E-state index is 0.0803. The summed E-state index contributed by atoms with van der Waals surface area (Å²) < 4.78 is 5.42. The number of ether oxygens (including phenoxy) is 1. The van der Waals surface area contributed by atoms with Crippen molar-refractivity contribution in [1.82, 2.24) is 0 Å². The van der Waals surface area contributed by atoms with E-state index in [4.69, 9.17) is 12.6 Å². The van der Waals surface area contributed by atoms with E-state index in [9.17, 15) is 10.1 Å². The van der Waals surface area contributed by atoms with Gasteiger partial charge in [0.25, 0.3) is 5.69 Å². The summed E-state index contributed by atoms with van der Waals surface area (Å²) in [6, 6.07) is 1.57. The van der Waals surface area contributed by atoms with Crippen LogP contribution in [0.3, 0.4) is 0 Å². The topological polar surface area (TPSA) is 52.4 Å². The molecule has 2 rings (SSSR count). The van der Waals surface area contributed by atoms with Gasteiger partial charge in [-0.2, -0.15) is 0 Å². The summed E-state index contributed by atoms with van der Waals surface area (Å²) in [5.74, 6) is 0.629. The first-order chi connectivity index (χ1) is 7.11. The highest BCUT2D eigenvalue weighted by Gasteiger charge is 2.21. The first kappa shape index (κ1) is 10.0. The molecule has 0 N–H and O–H groups in total. The van der Waals surface area contributed by atoms with Gasteiger partial charge in [-0.15, -0.1) is 0 Å². The first-order valence-electron chi connectivity index (χ1n) is 4.80. The van der Waals surface area contributed by atoms with Gasteiger partial charge in [0.05, 0.1) is 11.5 Å². The predicted molar refractivity (Wildman–Crippen MR) is 57.0 cm³/mol. The molecule has 15 heavy (non-hydrogen) atoms. The quantitative estimate of drug-likeness (QED) is 0.389. The van der Waals surface area contributed by atoms with E-state index < -0.39 is 4.92 Å². The van der Waals surface area contributed by atoms with Crippen LogP contribution < -0.4 is 10.2 Å². The zero-order valence-electron chi connectivity index (χ0n) is 8.45. The summed E-state index contributed by atoms with van der Waals surface area (Å²) in [6.45, 7) is 2.28. The molecule has 0 aliphatic carbocycles. The fourth-order valence-electron chi connectivity index (χ4n) is 1.80. The fourth-order valence-corrected chi connectivity index (χ4v) is 1.80. The number of nitro groups is 1. The van der Waals surface area contributed by atoms with Crippen molar-refractivity contribution < 1.29 is 9.66 Å². The standard InChI is InChI=1S/C10H10BNO3/c1-6-8(12(13)14)5-7-3-2-4-15-10(7)9(6)11/h5H,2-4H2,1H3. The van der Waals surface area contributed by atoms with Crippen molar-refractivity contribution in [3.63, 3.8) is 0 Å². The van der Waals surface area contributed by atoms with E-state index in [-0.39, 0.29) is 5.69 Å². The molecule has 5 heteroatoms. The van der Waals surface area contributed by atoms with Crippen LogP contribution in [0, 0.1) is 17.0 Å². The highest BCUT2D eigenvalue weighted by atomic mass is 16.6. The summed E-state index contributed by atoms with van der Waals surface area (Å²) >= 11 is 0. The molecule has 0 spiro atoms. The highest BCUT2D eigenvalue weighted by molar-refractivity contribution is 6.35. The molecule has 0 saturated carbocycles. The molecule has 1 aliphatic rings. The third-order valence-electron chi connectivity index (χ3n) is 2.67. The summed E-state index contributed by atoms with van der Waals surface area (Å²) in [4.78, 5) is 10.4. The molecule has 1 aromatic rings. The Morgan fingerprint density at radius 2 is 2.33 bits per heavy atom. The minimum atomic E-state index is -0.402. The van der Waals surface area contributed by atoms with E-state index in [0.29, 0.717) is 23.4 Å². The highest BCUT2D eigenvalue weighted by Crippen LogP contribution is 2.29. The van der Waals surface area contributed by atoms with Crippen molar-refractivity contribution in [3.8, 4) is 5.75 Å². The average molecular weight is 203 g/mol. The zero-order chi connectivity index (χ0) is 11.0. The summed E-state index contributed by atoms with van der Waals surface area (Å²) in [5.41, 5.74) is 1.81. The lowest BCUT2D eigenvalue weighted by molar-refractivity contribution is -0.385. The van der Waals surface area contributed by atoms with Gasteiger partial charge >= 0.3 is 0 Å². The molecular formula is C10H10BNO3. The maximum atomic E-state index is 10.8. The van der Waals surface area contributed by atoms with Crippen LogP contribution in [0.4, 0.5) is 5.69 Å². The Bertz CT molecular complexity index is 431. The normalized spacial score (nSPS) is 14.2. The monoisotopic (exact) mass is 203 g/mol. The average Bonchev–Trinajstić information content (AvgIpc) is 2.23. The van der Waals surface area contributed by atoms with E-state index in [1.54, 1.807) is 13.0 Å². The maximum Gasteiger partial charge on any atom is 0.272 e. The second-order valence-corrected chi connectivity index (χ2v) is 3.63. The van der Waals surface area contributed by atoms with E-state index in [0.717, 1.165) is 18.4 Å². The largest absolute Gasteiger partial charge is 0.494 e. The van der Waals surface area contributed by atoms with Crippen molar-refractivity contribution >= 4 is 19.0 Å². The number of nitrogens with zero attached hydrogens (tertiary/aromatic N) is 1. The molecule has 76 valence electrons. The molecule has 0 amide bonds. The van der Waals surface area contributed by atoms with E-state index in [1.165, 1.54) is 0 Å². The van der Waals surface area contributed by atoms with Crippen molar-refractivity contribution in [2.24, 2.45) is 0 Å². The molecule has 0 bridgehead atoms. The van der Waals surface area contributed by atoms with Crippen LogP contribution in [0.1, 0.15) is 17.5 Å². The summed E-state index contributed by atoms with van der Waals surface area (Å²) in [6.07, 6.45) is 1.67. The van der Waals surface area contributed by atoms with Gasteiger partial charge in [-0.3, -0.25) is 10.1 Å². The van der Waals surface area contributed by atoms with Crippen LogP contribution in [0.25, 0.3) is 0 Å². The molecule has 1 aliphatic heterocycles. The van der Waals surface area contributed by atoms with Gasteiger partial charge in [-0.25, -0.2) is 0 Å². The minimum Gasteiger partial charge on any atom is -0.494 e. The molecular weight excluding hydrogens is 193 g/mol. The Kier molecular flexibility index (Phi) is 2.38. The number of aryl methyl sites for hydroxylation is 1. The fraction of sp³-hybridized carbons (Fsp3) is 0.400. The van der Waals surface area contributed by atoms with Crippen LogP contribution in [0.5, 0.6) is 5.75 Å². The molecule has 1 aromatic carbocycles. The molecule has 0 saturated heterocycles. The van der Waals surface area contributed by atoms with Crippen LogP contribution in [-0.4, -0.2) is 19.4 Å².